The summed E-state index contributed by atoms with van der Waals surface area (Å²) in [6, 6.07) is 4.18. The zero-order valence-electron chi connectivity index (χ0n) is 19.7. The van der Waals surface area contributed by atoms with E-state index in [9.17, 15) is 0 Å². The predicted octanol–water partition coefficient (Wildman–Crippen LogP) is 3.96. The summed E-state index contributed by atoms with van der Waals surface area (Å²) in [5.74, 6) is 1.66. The first kappa shape index (κ1) is 20.7. The van der Waals surface area contributed by atoms with Crippen molar-refractivity contribution in [1.29, 1.82) is 0 Å². The molecular weight excluding hydrogens is 438 g/mol. The first-order chi connectivity index (χ1) is 17.2. The lowest BCUT2D eigenvalue weighted by molar-refractivity contribution is 0.0138. The third kappa shape index (κ3) is 3.36. The maximum absolute atomic E-state index is 6.09. The number of ether oxygens (including phenoxy) is 1. The number of aromatic nitrogens is 5. The molecule has 8 nitrogen and oxygen atoms in total. The van der Waals surface area contributed by atoms with Crippen LogP contribution in [0.4, 0.5) is 5.82 Å². The Morgan fingerprint density at radius 2 is 2.00 bits per heavy atom. The predicted molar refractivity (Wildman–Crippen MR) is 137 cm³/mol. The SMILES string of the molecule is CC1(c2cc3c(-c4nc(N5CCNCC5)c5c(C6=CC=C6)cncc5n4)ccnc3[nH]2)CCCO1. The molecule has 3 aliphatic rings. The van der Waals surface area contributed by atoms with Crippen molar-refractivity contribution in [2.75, 3.05) is 37.7 Å². The van der Waals surface area contributed by atoms with E-state index in [2.05, 4.69) is 56.4 Å². The van der Waals surface area contributed by atoms with E-state index in [0.717, 1.165) is 90.2 Å². The Morgan fingerprint density at radius 3 is 2.77 bits per heavy atom. The summed E-state index contributed by atoms with van der Waals surface area (Å²) in [4.78, 5) is 25.3. The lowest BCUT2D eigenvalue weighted by atomic mass is 9.97. The van der Waals surface area contributed by atoms with E-state index in [1.54, 1.807) is 0 Å². The van der Waals surface area contributed by atoms with Crippen molar-refractivity contribution in [2.45, 2.75) is 25.4 Å². The van der Waals surface area contributed by atoms with Crippen LogP contribution in [-0.2, 0) is 10.3 Å². The molecular formula is C27H27N7O. The van der Waals surface area contributed by atoms with Crippen molar-refractivity contribution >= 4 is 33.3 Å². The second-order valence-electron chi connectivity index (χ2n) is 9.66. The molecule has 0 saturated carbocycles. The van der Waals surface area contributed by atoms with Crippen molar-refractivity contribution < 1.29 is 4.74 Å². The summed E-state index contributed by atoms with van der Waals surface area (Å²) in [5, 5.41) is 5.53. The Morgan fingerprint density at radius 1 is 1.11 bits per heavy atom. The van der Waals surface area contributed by atoms with Crippen LogP contribution in [0.5, 0.6) is 0 Å². The van der Waals surface area contributed by atoms with Crippen LogP contribution >= 0.6 is 0 Å². The van der Waals surface area contributed by atoms with Gasteiger partial charge in [-0.2, -0.15) is 0 Å². The number of hydrogen-bond donors (Lipinski definition) is 2. The summed E-state index contributed by atoms with van der Waals surface area (Å²) in [6.45, 7) is 6.60. The number of piperazine rings is 1. The minimum atomic E-state index is -0.309. The molecule has 8 heteroatoms. The summed E-state index contributed by atoms with van der Waals surface area (Å²) in [6.07, 6.45) is 14.0. The first-order valence-electron chi connectivity index (χ1n) is 12.3. The molecule has 0 aromatic carbocycles. The zero-order valence-corrected chi connectivity index (χ0v) is 19.7. The fourth-order valence-corrected chi connectivity index (χ4v) is 5.38. The average molecular weight is 466 g/mol. The lowest BCUT2D eigenvalue weighted by Crippen LogP contribution is -2.44. The Hall–Kier alpha value is -3.62. The van der Waals surface area contributed by atoms with Crippen LogP contribution in [0.15, 0.2) is 49.0 Å². The standard InChI is InChI=1S/C27H27N7O/c1-27(7-3-13-35-27)22-14-19-18(6-8-30-24(19)32-22)25-31-21-16-29-15-20(17-4-2-5-17)23(21)26(33-25)34-11-9-28-10-12-34/h2,4-6,8,14-16,28H,3,7,9-13H2,1H3,(H,30,32). The van der Waals surface area contributed by atoms with E-state index < -0.39 is 0 Å². The summed E-state index contributed by atoms with van der Waals surface area (Å²) >= 11 is 0. The molecule has 1 unspecified atom stereocenters. The maximum atomic E-state index is 6.09. The molecule has 2 N–H and O–H groups in total. The lowest BCUT2D eigenvalue weighted by Gasteiger charge is -2.30. The topological polar surface area (TPSA) is 91.9 Å². The molecule has 1 atom stereocenters. The molecule has 2 aliphatic heterocycles. The van der Waals surface area contributed by atoms with E-state index >= 15 is 0 Å². The molecule has 0 radical (unpaired) electrons. The number of rotatable bonds is 4. The first-order valence-corrected chi connectivity index (χ1v) is 12.3. The van der Waals surface area contributed by atoms with Crippen LogP contribution in [0, 0.1) is 0 Å². The molecule has 6 heterocycles. The Balaban J connectivity index is 1.43. The van der Waals surface area contributed by atoms with Gasteiger partial charge in [-0.25, -0.2) is 15.0 Å². The second-order valence-corrected chi connectivity index (χ2v) is 9.66. The number of hydrogen-bond acceptors (Lipinski definition) is 7. The molecule has 4 aromatic rings. The van der Waals surface area contributed by atoms with E-state index in [0.29, 0.717) is 5.82 Å². The average Bonchev–Trinajstić information content (AvgIpc) is 3.50. The molecule has 0 bridgehead atoms. The van der Waals surface area contributed by atoms with Crippen molar-refractivity contribution in [3.05, 3.63) is 60.2 Å². The van der Waals surface area contributed by atoms with Gasteiger partial charge >= 0.3 is 0 Å². The number of nitrogens with one attached hydrogen (secondary N) is 2. The largest absolute Gasteiger partial charge is 0.369 e. The Labute approximate surface area is 203 Å². The van der Waals surface area contributed by atoms with E-state index in [1.807, 2.05) is 24.7 Å². The zero-order chi connectivity index (χ0) is 23.4. The molecule has 1 aliphatic carbocycles. The fourth-order valence-electron chi connectivity index (χ4n) is 5.38. The molecule has 7 rings (SSSR count). The number of anilines is 1. The van der Waals surface area contributed by atoms with E-state index in [4.69, 9.17) is 14.7 Å². The van der Waals surface area contributed by atoms with Gasteiger partial charge < -0.3 is 19.9 Å². The summed E-state index contributed by atoms with van der Waals surface area (Å²) in [5.41, 5.74) is 5.65. The molecule has 0 amide bonds. The van der Waals surface area contributed by atoms with Crippen molar-refractivity contribution in [2.24, 2.45) is 0 Å². The van der Waals surface area contributed by atoms with Crippen LogP contribution in [0.1, 0.15) is 31.0 Å². The monoisotopic (exact) mass is 465 g/mol. The van der Waals surface area contributed by atoms with E-state index in [1.165, 1.54) is 5.57 Å². The third-order valence-corrected chi connectivity index (χ3v) is 7.43. The van der Waals surface area contributed by atoms with Gasteiger partial charge in [-0.15, -0.1) is 0 Å². The second kappa shape index (κ2) is 7.96. The molecule has 2 saturated heterocycles. The number of fused-ring (bicyclic) bond motifs is 2. The van der Waals surface area contributed by atoms with Gasteiger partial charge in [0.15, 0.2) is 5.82 Å². The number of nitrogens with zero attached hydrogens (tertiary/aromatic N) is 5. The van der Waals surface area contributed by atoms with Gasteiger partial charge in [0, 0.05) is 67.4 Å². The molecule has 35 heavy (non-hydrogen) atoms. The summed E-state index contributed by atoms with van der Waals surface area (Å²) < 4.78 is 6.09. The number of H-pyrrole nitrogens is 1. The van der Waals surface area contributed by atoms with Crippen molar-refractivity contribution in [3.8, 4) is 11.4 Å². The van der Waals surface area contributed by atoms with Crippen LogP contribution in [-0.4, -0.2) is 57.7 Å². The van der Waals surface area contributed by atoms with Gasteiger partial charge in [0.2, 0.25) is 0 Å². The maximum Gasteiger partial charge on any atom is 0.163 e. The third-order valence-electron chi connectivity index (χ3n) is 7.43. The van der Waals surface area contributed by atoms with Crippen LogP contribution < -0.4 is 10.2 Å². The van der Waals surface area contributed by atoms with Gasteiger partial charge in [-0.3, -0.25) is 4.98 Å². The molecule has 176 valence electrons. The minimum Gasteiger partial charge on any atom is -0.369 e. The van der Waals surface area contributed by atoms with E-state index in [-0.39, 0.29) is 5.60 Å². The number of aromatic amines is 1. The van der Waals surface area contributed by atoms with Gasteiger partial charge in [0.05, 0.1) is 17.1 Å². The molecule has 0 spiro atoms. The van der Waals surface area contributed by atoms with Crippen molar-refractivity contribution in [3.63, 3.8) is 0 Å². The number of pyridine rings is 2. The Bertz CT molecular complexity index is 1510. The van der Waals surface area contributed by atoms with Crippen LogP contribution in [0.3, 0.4) is 0 Å². The van der Waals surface area contributed by atoms with Crippen LogP contribution in [0.2, 0.25) is 0 Å². The summed E-state index contributed by atoms with van der Waals surface area (Å²) in [7, 11) is 0. The molecule has 2 fully saturated rings. The smallest absolute Gasteiger partial charge is 0.163 e. The minimum absolute atomic E-state index is 0.309. The Kier molecular flexibility index (Phi) is 4.72. The fraction of sp³-hybridized carbons (Fsp3) is 0.333. The highest BCUT2D eigenvalue weighted by atomic mass is 16.5. The normalized spacial score (nSPS) is 22.1. The quantitative estimate of drug-likeness (QED) is 0.471. The highest BCUT2D eigenvalue weighted by molar-refractivity contribution is 6.03. The highest BCUT2D eigenvalue weighted by Gasteiger charge is 2.34. The van der Waals surface area contributed by atoms with Gasteiger partial charge in [-0.05, 0) is 37.5 Å². The van der Waals surface area contributed by atoms with Crippen LogP contribution in [0.25, 0.3) is 38.9 Å². The van der Waals surface area contributed by atoms with Gasteiger partial charge in [0.25, 0.3) is 0 Å². The molecule has 4 aromatic heterocycles. The highest BCUT2D eigenvalue weighted by Crippen LogP contribution is 2.39. The number of allylic oxidation sites excluding steroid dienone is 4. The van der Waals surface area contributed by atoms with Gasteiger partial charge in [-0.1, -0.05) is 18.2 Å². The van der Waals surface area contributed by atoms with Gasteiger partial charge in [0.1, 0.15) is 17.1 Å². The van der Waals surface area contributed by atoms with Crippen molar-refractivity contribution in [1.82, 2.24) is 30.2 Å².